The number of hydrogen-bond acceptors (Lipinski definition) is 5. The van der Waals surface area contributed by atoms with E-state index in [0.29, 0.717) is 23.0 Å². The smallest absolute Gasteiger partial charge is 0.244 e. The van der Waals surface area contributed by atoms with Gasteiger partial charge in [-0.15, -0.1) is 0 Å². The van der Waals surface area contributed by atoms with Crippen LogP contribution in [0.15, 0.2) is 48.5 Å². The highest BCUT2D eigenvalue weighted by Crippen LogP contribution is 2.22. The first-order chi connectivity index (χ1) is 15.6. The minimum atomic E-state index is -3.78. The fraction of sp³-hybridized carbons (Fsp3) is 0.391. The molecule has 180 valence electrons. The van der Waals surface area contributed by atoms with E-state index in [0.717, 1.165) is 22.5 Å². The van der Waals surface area contributed by atoms with E-state index in [2.05, 4.69) is 5.32 Å². The second-order valence-corrected chi connectivity index (χ2v) is 9.93. The van der Waals surface area contributed by atoms with Crippen molar-refractivity contribution in [2.24, 2.45) is 0 Å². The summed E-state index contributed by atoms with van der Waals surface area (Å²) in [6.45, 7) is 3.70. The number of amides is 2. The molecule has 0 spiro atoms. The Morgan fingerprint density at radius 3 is 2.21 bits per heavy atom. The van der Waals surface area contributed by atoms with Crippen molar-refractivity contribution in [1.82, 2.24) is 10.2 Å². The van der Waals surface area contributed by atoms with Crippen molar-refractivity contribution in [3.63, 3.8) is 0 Å². The summed E-state index contributed by atoms with van der Waals surface area (Å²) in [5.41, 5.74) is 1.08. The maximum atomic E-state index is 13.4. The second kappa shape index (κ2) is 11.9. The summed E-state index contributed by atoms with van der Waals surface area (Å²) in [4.78, 5) is 27.4. The fourth-order valence-electron chi connectivity index (χ4n) is 3.13. The highest BCUT2D eigenvalue weighted by molar-refractivity contribution is 7.92. The molecule has 0 heterocycles. The quantitative estimate of drug-likeness (QED) is 0.517. The lowest BCUT2D eigenvalue weighted by Gasteiger charge is -2.31. The van der Waals surface area contributed by atoms with Gasteiger partial charge in [0, 0.05) is 18.1 Å². The predicted octanol–water partition coefficient (Wildman–Crippen LogP) is 3.06. The molecule has 0 saturated heterocycles. The topological polar surface area (TPSA) is 96.0 Å². The molecule has 0 bridgehead atoms. The molecule has 2 aromatic carbocycles. The average molecular weight is 496 g/mol. The van der Waals surface area contributed by atoms with Crippen molar-refractivity contribution >= 4 is 39.1 Å². The zero-order valence-corrected chi connectivity index (χ0v) is 20.8. The van der Waals surface area contributed by atoms with Crippen molar-refractivity contribution in [2.45, 2.75) is 32.9 Å². The first-order valence-corrected chi connectivity index (χ1v) is 12.7. The number of benzene rings is 2. The number of carbonyl (C=O) groups excluding carboxylic acids is 2. The molecule has 2 rings (SSSR count). The van der Waals surface area contributed by atoms with Crippen LogP contribution in [0.25, 0.3) is 0 Å². The fourth-order valence-corrected chi connectivity index (χ4v) is 4.10. The highest BCUT2D eigenvalue weighted by Gasteiger charge is 2.30. The van der Waals surface area contributed by atoms with Gasteiger partial charge in [0.25, 0.3) is 0 Å². The molecule has 0 aromatic heterocycles. The van der Waals surface area contributed by atoms with Crippen LogP contribution >= 0.6 is 11.6 Å². The minimum Gasteiger partial charge on any atom is -0.497 e. The lowest BCUT2D eigenvalue weighted by molar-refractivity contribution is -0.139. The maximum Gasteiger partial charge on any atom is 0.244 e. The molecule has 33 heavy (non-hydrogen) atoms. The molecule has 8 nitrogen and oxygen atoms in total. The second-order valence-electron chi connectivity index (χ2n) is 7.58. The Labute approximate surface area is 200 Å². The Morgan fingerprint density at radius 1 is 1.09 bits per heavy atom. The number of sulfonamides is 1. The summed E-state index contributed by atoms with van der Waals surface area (Å²) >= 11 is 5.96. The number of hydrogen-bond donors (Lipinski definition) is 1. The zero-order chi connectivity index (χ0) is 24.6. The normalized spacial score (nSPS) is 12.0. The third-order valence-electron chi connectivity index (χ3n) is 5.02. The van der Waals surface area contributed by atoms with E-state index in [-0.39, 0.29) is 12.5 Å². The molecule has 0 unspecified atom stereocenters. The standard InChI is InChI=1S/C23H30ClN3O5S/c1-5-14-25-23(29)17(2)26(15-18-6-8-19(24)9-7-18)22(28)16-27(33(4,30)31)20-10-12-21(32-3)13-11-20/h6-13,17H,5,14-16H2,1-4H3,(H,25,29)/t17-/m0/s1. The Hall–Kier alpha value is -2.78. The van der Waals surface area contributed by atoms with Gasteiger partial charge in [0.15, 0.2) is 0 Å². The van der Waals surface area contributed by atoms with E-state index >= 15 is 0 Å². The maximum absolute atomic E-state index is 13.4. The van der Waals surface area contributed by atoms with E-state index < -0.39 is 28.5 Å². The van der Waals surface area contributed by atoms with Gasteiger partial charge < -0.3 is 15.0 Å². The van der Waals surface area contributed by atoms with Crippen molar-refractivity contribution in [2.75, 3.05) is 30.8 Å². The van der Waals surface area contributed by atoms with Crippen LogP contribution < -0.4 is 14.4 Å². The summed E-state index contributed by atoms with van der Waals surface area (Å²) < 4.78 is 31.2. The lowest BCUT2D eigenvalue weighted by atomic mass is 10.1. The molecule has 2 aromatic rings. The molecule has 1 atom stereocenters. The minimum absolute atomic E-state index is 0.122. The molecule has 10 heteroatoms. The molecule has 0 aliphatic carbocycles. The third kappa shape index (κ3) is 7.64. The predicted molar refractivity (Wildman–Crippen MR) is 130 cm³/mol. The van der Waals surface area contributed by atoms with Crippen LogP contribution in [0.2, 0.25) is 5.02 Å². The molecule has 2 amide bonds. The Morgan fingerprint density at radius 2 is 1.70 bits per heavy atom. The van der Waals surface area contributed by atoms with Gasteiger partial charge in [-0.3, -0.25) is 13.9 Å². The van der Waals surface area contributed by atoms with Crippen LogP contribution in [0.5, 0.6) is 5.75 Å². The van der Waals surface area contributed by atoms with Gasteiger partial charge >= 0.3 is 0 Å². The Bertz CT molecular complexity index is 1040. The van der Waals surface area contributed by atoms with Crippen LogP contribution in [0.1, 0.15) is 25.8 Å². The molecular formula is C23H30ClN3O5S. The number of nitrogens with zero attached hydrogens (tertiary/aromatic N) is 2. The number of anilines is 1. The van der Waals surface area contributed by atoms with Gasteiger partial charge in [-0.05, 0) is 55.3 Å². The van der Waals surface area contributed by atoms with E-state index in [1.165, 1.54) is 12.0 Å². The van der Waals surface area contributed by atoms with E-state index in [1.807, 2.05) is 6.92 Å². The monoisotopic (exact) mass is 495 g/mol. The van der Waals surface area contributed by atoms with Crippen molar-refractivity contribution in [1.29, 1.82) is 0 Å². The van der Waals surface area contributed by atoms with Crippen LogP contribution in [-0.4, -0.2) is 57.6 Å². The highest BCUT2D eigenvalue weighted by atomic mass is 35.5. The number of rotatable bonds is 11. The summed E-state index contributed by atoms with van der Waals surface area (Å²) in [7, 11) is -2.27. The van der Waals surface area contributed by atoms with Gasteiger partial charge in [-0.2, -0.15) is 0 Å². The number of methoxy groups -OCH3 is 1. The SMILES string of the molecule is CCCNC(=O)[C@H](C)N(Cc1ccc(Cl)cc1)C(=O)CN(c1ccc(OC)cc1)S(C)(=O)=O. The van der Waals surface area contributed by atoms with Gasteiger partial charge in [0.05, 0.1) is 19.1 Å². The molecule has 0 saturated carbocycles. The molecular weight excluding hydrogens is 466 g/mol. The number of nitrogens with one attached hydrogen (secondary N) is 1. The lowest BCUT2D eigenvalue weighted by Crippen LogP contribution is -2.51. The van der Waals surface area contributed by atoms with Crippen molar-refractivity contribution < 1.29 is 22.7 Å². The van der Waals surface area contributed by atoms with Crippen LogP contribution in [0.3, 0.4) is 0 Å². The van der Waals surface area contributed by atoms with E-state index in [4.69, 9.17) is 16.3 Å². The Kier molecular flexibility index (Phi) is 9.55. The summed E-state index contributed by atoms with van der Waals surface area (Å²) in [6.07, 6.45) is 1.79. The van der Waals surface area contributed by atoms with E-state index in [1.54, 1.807) is 55.5 Å². The summed E-state index contributed by atoms with van der Waals surface area (Å²) in [5.74, 6) is -0.260. The van der Waals surface area contributed by atoms with Crippen LogP contribution in [0.4, 0.5) is 5.69 Å². The number of carbonyl (C=O) groups is 2. The molecule has 0 aliphatic rings. The van der Waals surface area contributed by atoms with Gasteiger partial charge in [-0.25, -0.2) is 8.42 Å². The summed E-state index contributed by atoms with van der Waals surface area (Å²) in [6, 6.07) is 12.5. The van der Waals surface area contributed by atoms with Crippen molar-refractivity contribution in [3.8, 4) is 5.75 Å². The van der Waals surface area contributed by atoms with Gasteiger partial charge in [0.2, 0.25) is 21.8 Å². The van der Waals surface area contributed by atoms with Crippen LogP contribution in [-0.2, 0) is 26.2 Å². The molecule has 1 N–H and O–H groups in total. The van der Waals surface area contributed by atoms with Gasteiger partial charge in [-0.1, -0.05) is 30.7 Å². The zero-order valence-electron chi connectivity index (χ0n) is 19.2. The Balaban J connectivity index is 2.34. The first-order valence-electron chi connectivity index (χ1n) is 10.5. The largest absolute Gasteiger partial charge is 0.497 e. The molecule has 0 fully saturated rings. The first kappa shape index (κ1) is 26.5. The van der Waals surface area contributed by atoms with Crippen LogP contribution in [0, 0.1) is 0 Å². The molecule has 0 aliphatic heterocycles. The number of ether oxygens (including phenoxy) is 1. The average Bonchev–Trinajstić information content (AvgIpc) is 2.79. The molecule has 0 radical (unpaired) electrons. The van der Waals surface area contributed by atoms with Crippen molar-refractivity contribution in [3.05, 3.63) is 59.1 Å². The van der Waals surface area contributed by atoms with E-state index in [9.17, 15) is 18.0 Å². The number of halogens is 1. The summed E-state index contributed by atoms with van der Waals surface area (Å²) in [5, 5.41) is 3.34. The van der Waals surface area contributed by atoms with Gasteiger partial charge in [0.1, 0.15) is 18.3 Å². The third-order valence-corrected chi connectivity index (χ3v) is 6.41.